The minimum absolute atomic E-state index is 0.145. The molecular weight excluding hydrogens is 232 g/mol. The minimum Gasteiger partial charge on any atom is -0.466 e. The number of esters is 1. The summed E-state index contributed by atoms with van der Waals surface area (Å²) in [6.45, 7) is 3.24. The Hall–Kier alpha value is -1.72. The normalized spacial score (nSPS) is 10.6. The molecule has 1 rings (SSSR count). The summed E-state index contributed by atoms with van der Waals surface area (Å²) in [7, 11) is 0. The average molecular weight is 245 g/mol. The molecule has 0 radical (unpaired) electrons. The van der Waals surface area contributed by atoms with Crippen LogP contribution in [0.15, 0.2) is 11.0 Å². The van der Waals surface area contributed by atoms with Crippen molar-refractivity contribution in [2.24, 2.45) is 0 Å². The molecule has 0 aromatic carbocycles. The fraction of sp³-hybridized carbons (Fsp3) is 0.455. The second-order valence-corrected chi connectivity index (χ2v) is 3.48. The lowest BCUT2D eigenvalue weighted by Crippen LogP contribution is -2.21. The van der Waals surface area contributed by atoms with Crippen LogP contribution in [0.3, 0.4) is 0 Å². The Balaban J connectivity index is 3.15. The van der Waals surface area contributed by atoms with Crippen molar-refractivity contribution in [1.82, 2.24) is 4.98 Å². The standard InChI is InChI=1S/C11H13F2NO3/c1-3-17-8(15)4-7-9(11(12)13)14-5-6(2)10(7)16/h5,11H,3-4H2,1-2H3,(H,14,16). The van der Waals surface area contributed by atoms with E-state index in [4.69, 9.17) is 0 Å². The fourth-order valence-electron chi connectivity index (χ4n) is 1.43. The molecule has 1 aromatic heterocycles. The SMILES string of the molecule is CCOC(=O)Cc1c(C(F)F)[nH]cc(C)c1=O. The van der Waals surface area contributed by atoms with Crippen LogP contribution in [0, 0.1) is 6.92 Å². The summed E-state index contributed by atoms with van der Waals surface area (Å²) < 4.78 is 29.9. The molecule has 0 saturated heterocycles. The maximum Gasteiger partial charge on any atom is 0.310 e. The van der Waals surface area contributed by atoms with Gasteiger partial charge in [-0.1, -0.05) is 0 Å². The molecule has 94 valence electrons. The zero-order valence-corrected chi connectivity index (χ0v) is 9.55. The molecule has 0 bridgehead atoms. The van der Waals surface area contributed by atoms with Crippen LogP contribution in [0.5, 0.6) is 0 Å². The number of carbonyl (C=O) groups is 1. The quantitative estimate of drug-likeness (QED) is 0.822. The van der Waals surface area contributed by atoms with Crippen LogP contribution in [0.2, 0.25) is 0 Å². The Bertz CT molecular complexity index is 468. The van der Waals surface area contributed by atoms with Crippen molar-refractivity contribution in [3.05, 3.63) is 33.2 Å². The highest BCUT2D eigenvalue weighted by atomic mass is 19.3. The van der Waals surface area contributed by atoms with Crippen LogP contribution in [0.4, 0.5) is 8.78 Å². The summed E-state index contributed by atoms with van der Waals surface area (Å²) in [6, 6.07) is 0. The third kappa shape index (κ3) is 3.12. The lowest BCUT2D eigenvalue weighted by molar-refractivity contribution is -0.142. The van der Waals surface area contributed by atoms with Crippen LogP contribution in [-0.2, 0) is 16.0 Å². The van der Waals surface area contributed by atoms with Gasteiger partial charge in [-0.15, -0.1) is 0 Å². The van der Waals surface area contributed by atoms with E-state index < -0.39 is 29.9 Å². The highest BCUT2D eigenvalue weighted by molar-refractivity contribution is 5.72. The van der Waals surface area contributed by atoms with Crippen molar-refractivity contribution in [1.29, 1.82) is 0 Å². The summed E-state index contributed by atoms with van der Waals surface area (Å²) >= 11 is 0. The summed E-state index contributed by atoms with van der Waals surface area (Å²) in [5.74, 6) is -0.689. The molecule has 0 aliphatic rings. The van der Waals surface area contributed by atoms with Crippen molar-refractivity contribution in [2.45, 2.75) is 26.7 Å². The molecular formula is C11H13F2NO3. The van der Waals surface area contributed by atoms with E-state index >= 15 is 0 Å². The van der Waals surface area contributed by atoms with E-state index in [1.807, 2.05) is 0 Å². The zero-order valence-electron chi connectivity index (χ0n) is 9.55. The van der Waals surface area contributed by atoms with Crippen LogP contribution >= 0.6 is 0 Å². The first-order valence-electron chi connectivity index (χ1n) is 5.12. The molecule has 1 heterocycles. The second kappa shape index (κ2) is 5.56. The molecule has 0 aliphatic carbocycles. The van der Waals surface area contributed by atoms with Gasteiger partial charge in [-0.2, -0.15) is 0 Å². The number of ether oxygens (including phenoxy) is 1. The van der Waals surface area contributed by atoms with E-state index in [1.54, 1.807) is 6.92 Å². The number of aromatic amines is 1. The largest absolute Gasteiger partial charge is 0.466 e. The predicted octanol–water partition coefficient (Wildman–Crippen LogP) is 1.73. The van der Waals surface area contributed by atoms with Crippen LogP contribution in [0.25, 0.3) is 0 Å². The maximum absolute atomic E-state index is 12.7. The summed E-state index contributed by atoms with van der Waals surface area (Å²) in [5.41, 5.74) is -1.01. The number of rotatable bonds is 4. The van der Waals surface area contributed by atoms with Gasteiger partial charge < -0.3 is 9.72 Å². The number of nitrogens with one attached hydrogen (secondary N) is 1. The van der Waals surface area contributed by atoms with Gasteiger partial charge in [0.05, 0.1) is 18.7 Å². The number of aryl methyl sites for hydroxylation is 1. The van der Waals surface area contributed by atoms with Gasteiger partial charge in [-0.3, -0.25) is 9.59 Å². The Morgan fingerprint density at radius 2 is 2.18 bits per heavy atom. The van der Waals surface area contributed by atoms with Gasteiger partial charge in [0.25, 0.3) is 6.43 Å². The van der Waals surface area contributed by atoms with Crippen molar-refractivity contribution in [3.8, 4) is 0 Å². The molecule has 0 spiro atoms. The van der Waals surface area contributed by atoms with Crippen molar-refractivity contribution < 1.29 is 18.3 Å². The van der Waals surface area contributed by atoms with Crippen LogP contribution in [-0.4, -0.2) is 17.6 Å². The third-order valence-corrected chi connectivity index (χ3v) is 2.25. The Labute approximate surface area is 96.6 Å². The molecule has 0 fully saturated rings. The van der Waals surface area contributed by atoms with E-state index in [2.05, 4.69) is 9.72 Å². The Morgan fingerprint density at radius 3 is 2.71 bits per heavy atom. The molecule has 0 amide bonds. The second-order valence-electron chi connectivity index (χ2n) is 3.48. The van der Waals surface area contributed by atoms with Crippen molar-refractivity contribution in [2.75, 3.05) is 6.61 Å². The Morgan fingerprint density at radius 1 is 1.53 bits per heavy atom. The number of H-pyrrole nitrogens is 1. The fourth-order valence-corrected chi connectivity index (χ4v) is 1.43. The number of hydrogen-bond donors (Lipinski definition) is 1. The van der Waals surface area contributed by atoms with Crippen LogP contribution in [0.1, 0.15) is 30.2 Å². The minimum atomic E-state index is -2.83. The molecule has 0 saturated carbocycles. The molecule has 17 heavy (non-hydrogen) atoms. The van der Waals surface area contributed by atoms with Gasteiger partial charge in [0.2, 0.25) is 0 Å². The van der Waals surface area contributed by atoms with E-state index in [0.29, 0.717) is 0 Å². The molecule has 1 aromatic rings. The number of alkyl halides is 2. The van der Waals surface area contributed by atoms with Gasteiger partial charge in [0.15, 0.2) is 5.43 Å². The van der Waals surface area contributed by atoms with Gasteiger partial charge in [-0.05, 0) is 13.8 Å². The van der Waals surface area contributed by atoms with E-state index in [1.165, 1.54) is 13.1 Å². The van der Waals surface area contributed by atoms with E-state index in [0.717, 1.165) is 0 Å². The number of halogens is 2. The Kier molecular flexibility index (Phi) is 4.37. The number of carbonyl (C=O) groups excluding carboxylic acids is 1. The van der Waals surface area contributed by atoms with Crippen LogP contribution < -0.4 is 5.43 Å². The molecule has 6 heteroatoms. The highest BCUT2D eigenvalue weighted by Crippen LogP contribution is 2.19. The lowest BCUT2D eigenvalue weighted by atomic mass is 10.1. The molecule has 0 aliphatic heterocycles. The molecule has 0 unspecified atom stereocenters. The van der Waals surface area contributed by atoms with Gasteiger partial charge >= 0.3 is 5.97 Å². The number of aromatic nitrogens is 1. The number of pyridine rings is 1. The highest BCUT2D eigenvalue weighted by Gasteiger charge is 2.20. The summed E-state index contributed by atoms with van der Waals surface area (Å²) in [4.78, 5) is 25.2. The molecule has 4 nitrogen and oxygen atoms in total. The van der Waals surface area contributed by atoms with E-state index in [-0.39, 0.29) is 17.7 Å². The first-order chi connectivity index (χ1) is 7.97. The number of hydrogen-bond acceptors (Lipinski definition) is 3. The average Bonchev–Trinajstić information content (AvgIpc) is 2.25. The van der Waals surface area contributed by atoms with Gasteiger partial charge in [0.1, 0.15) is 0 Å². The topological polar surface area (TPSA) is 59.2 Å². The lowest BCUT2D eigenvalue weighted by Gasteiger charge is -2.08. The van der Waals surface area contributed by atoms with Gasteiger partial charge in [-0.25, -0.2) is 8.78 Å². The third-order valence-electron chi connectivity index (χ3n) is 2.25. The summed E-state index contributed by atoms with van der Waals surface area (Å²) in [6.07, 6.45) is -2.06. The predicted molar refractivity (Wildman–Crippen MR) is 57.1 cm³/mol. The molecule has 0 atom stereocenters. The van der Waals surface area contributed by atoms with Gasteiger partial charge in [0, 0.05) is 17.3 Å². The maximum atomic E-state index is 12.7. The smallest absolute Gasteiger partial charge is 0.310 e. The monoisotopic (exact) mass is 245 g/mol. The first-order valence-corrected chi connectivity index (χ1v) is 5.12. The van der Waals surface area contributed by atoms with Crippen molar-refractivity contribution >= 4 is 5.97 Å². The summed E-state index contributed by atoms with van der Waals surface area (Å²) in [5, 5.41) is 0. The van der Waals surface area contributed by atoms with Crippen molar-refractivity contribution in [3.63, 3.8) is 0 Å². The first kappa shape index (κ1) is 13.3. The van der Waals surface area contributed by atoms with E-state index in [9.17, 15) is 18.4 Å². The zero-order chi connectivity index (χ0) is 13.0. The molecule has 1 N–H and O–H groups in total.